The van der Waals surface area contributed by atoms with E-state index in [1.54, 1.807) is 6.07 Å². The molecule has 0 bridgehead atoms. The van der Waals surface area contributed by atoms with E-state index in [0.29, 0.717) is 31.2 Å². The summed E-state index contributed by atoms with van der Waals surface area (Å²) >= 11 is 0. The van der Waals surface area contributed by atoms with Crippen LogP contribution in [-0.4, -0.2) is 28.6 Å². The second-order valence-electron chi connectivity index (χ2n) is 11.0. The van der Waals surface area contributed by atoms with Crippen molar-refractivity contribution < 1.29 is 19.4 Å². The number of aromatic nitrogens is 1. The Balaban J connectivity index is 1.44. The van der Waals surface area contributed by atoms with Crippen LogP contribution < -0.4 is 5.32 Å². The van der Waals surface area contributed by atoms with Gasteiger partial charge in [0.15, 0.2) is 0 Å². The van der Waals surface area contributed by atoms with Gasteiger partial charge in [-0.05, 0) is 78.1 Å². The van der Waals surface area contributed by atoms with E-state index in [4.69, 9.17) is 4.74 Å². The highest BCUT2D eigenvalue weighted by Gasteiger charge is 2.26. The SMILES string of the molecule is CCC(C)C(CC(=O)Nc1cccc(/C=C/c2cccc(COCCCCc3ccc(C(C)C)cc3)n2)c1)C(=O)O. The van der Waals surface area contributed by atoms with Gasteiger partial charge < -0.3 is 15.2 Å². The van der Waals surface area contributed by atoms with E-state index in [9.17, 15) is 14.7 Å². The standard InChI is InChI=1S/C35H44N2O4/c1-5-26(4)33(35(39)40)23-34(38)37-31-13-8-11-28(22-31)17-20-30-12-9-14-32(36-30)24-41-21-7-6-10-27-15-18-29(19-16-27)25(2)3/h8-9,11-20,22,25-26,33H,5-7,10,21,23-24H2,1-4H3,(H,37,38)(H,39,40)/b20-17+. The first kappa shape index (κ1) is 31.8. The highest BCUT2D eigenvalue weighted by atomic mass is 16.5. The van der Waals surface area contributed by atoms with Crippen molar-refractivity contribution in [2.45, 2.75) is 72.3 Å². The number of benzene rings is 2. The Kier molecular flexibility index (Phi) is 12.8. The molecule has 2 atom stereocenters. The molecule has 0 aliphatic carbocycles. The molecule has 218 valence electrons. The Morgan fingerprint density at radius 1 is 0.976 bits per heavy atom. The number of hydrogen-bond acceptors (Lipinski definition) is 4. The summed E-state index contributed by atoms with van der Waals surface area (Å²) in [4.78, 5) is 28.7. The van der Waals surface area contributed by atoms with Crippen molar-refractivity contribution in [3.8, 4) is 0 Å². The summed E-state index contributed by atoms with van der Waals surface area (Å²) in [6.45, 7) is 9.40. The quantitative estimate of drug-likeness (QED) is 0.175. The zero-order valence-electron chi connectivity index (χ0n) is 24.8. The minimum atomic E-state index is -0.936. The largest absolute Gasteiger partial charge is 0.481 e. The second kappa shape index (κ2) is 16.5. The van der Waals surface area contributed by atoms with Crippen LogP contribution in [-0.2, 0) is 27.4 Å². The number of hydrogen-bond donors (Lipinski definition) is 2. The minimum Gasteiger partial charge on any atom is -0.481 e. The van der Waals surface area contributed by atoms with Crippen molar-refractivity contribution >= 4 is 29.7 Å². The molecule has 0 saturated heterocycles. The predicted molar refractivity (Wildman–Crippen MR) is 167 cm³/mol. The topological polar surface area (TPSA) is 88.5 Å². The van der Waals surface area contributed by atoms with Gasteiger partial charge in [-0.15, -0.1) is 0 Å². The van der Waals surface area contributed by atoms with Crippen LogP contribution >= 0.6 is 0 Å². The van der Waals surface area contributed by atoms with Gasteiger partial charge >= 0.3 is 5.97 Å². The van der Waals surface area contributed by atoms with Crippen LogP contribution in [0.4, 0.5) is 5.69 Å². The molecule has 2 N–H and O–H groups in total. The number of nitrogens with one attached hydrogen (secondary N) is 1. The van der Waals surface area contributed by atoms with Gasteiger partial charge in [0.1, 0.15) is 0 Å². The summed E-state index contributed by atoms with van der Waals surface area (Å²) in [5.74, 6) is -1.44. The first-order valence-corrected chi connectivity index (χ1v) is 14.7. The second-order valence-corrected chi connectivity index (χ2v) is 11.0. The third-order valence-corrected chi connectivity index (χ3v) is 7.40. The number of unbranched alkanes of at least 4 members (excludes halogenated alkanes) is 1. The summed E-state index contributed by atoms with van der Waals surface area (Å²) in [6.07, 6.45) is 7.69. The van der Waals surface area contributed by atoms with Crippen LogP contribution in [0.2, 0.25) is 0 Å². The molecule has 3 aromatic rings. The van der Waals surface area contributed by atoms with Gasteiger partial charge in [0.2, 0.25) is 5.91 Å². The molecule has 1 heterocycles. The zero-order valence-corrected chi connectivity index (χ0v) is 24.8. The maximum Gasteiger partial charge on any atom is 0.307 e. The number of carbonyl (C=O) groups excluding carboxylic acids is 1. The van der Waals surface area contributed by atoms with Crippen molar-refractivity contribution in [2.24, 2.45) is 11.8 Å². The zero-order chi connectivity index (χ0) is 29.6. The fourth-order valence-electron chi connectivity index (χ4n) is 4.58. The van der Waals surface area contributed by atoms with Crippen LogP contribution in [0.1, 0.15) is 87.4 Å². The van der Waals surface area contributed by atoms with E-state index in [2.05, 4.69) is 48.4 Å². The number of aliphatic carboxylic acids is 1. The fraction of sp³-hybridized carbons (Fsp3) is 0.400. The first-order valence-electron chi connectivity index (χ1n) is 14.7. The van der Waals surface area contributed by atoms with E-state index in [-0.39, 0.29) is 18.2 Å². The van der Waals surface area contributed by atoms with Crippen LogP contribution in [0, 0.1) is 11.8 Å². The Morgan fingerprint density at radius 3 is 2.44 bits per heavy atom. The number of nitrogens with zero attached hydrogens (tertiary/aromatic N) is 1. The smallest absolute Gasteiger partial charge is 0.307 e. The molecule has 6 nitrogen and oxygen atoms in total. The molecule has 0 aliphatic heterocycles. The predicted octanol–water partition coefficient (Wildman–Crippen LogP) is 7.99. The van der Waals surface area contributed by atoms with E-state index in [0.717, 1.165) is 36.2 Å². The lowest BCUT2D eigenvalue weighted by atomic mass is 9.89. The van der Waals surface area contributed by atoms with E-state index in [1.165, 1.54) is 11.1 Å². The molecule has 0 aliphatic rings. The molecule has 0 radical (unpaired) electrons. The lowest BCUT2D eigenvalue weighted by molar-refractivity contribution is -0.145. The van der Waals surface area contributed by atoms with Crippen molar-refractivity contribution in [3.63, 3.8) is 0 Å². The van der Waals surface area contributed by atoms with Gasteiger partial charge in [-0.3, -0.25) is 14.6 Å². The Labute approximate surface area is 244 Å². The number of carboxylic acids is 1. The third-order valence-electron chi connectivity index (χ3n) is 7.40. The number of anilines is 1. The maximum absolute atomic E-state index is 12.5. The molecule has 0 fully saturated rings. The van der Waals surface area contributed by atoms with Crippen LogP contribution in [0.25, 0.3) is 12.2 Å². The van der Waals surface area contributed by atoms with Gasteiger partial charge in [-0.2, -0.15) is 0 Å². The highest BCUT2D eigenvalue weighted by Crippen LogP contribution is 2.21. The molecule has 0 saturated carbocycles. The van der Waals surface area contributed by atoms with E-state index < -0.39 is 11.9 Å². The number of ether oxygens (including phenoxy) is 1. The molecular weight excluding hydrogens is 512 g/mol. The van der Waals surface area contributed by atoms with Crippen molar-refractivity contribution in [2.75, 3.05) is 11.9 Å². The highest BCUT2D eigenvalue weighted by molar-refractivity contribution is 5.93. The van der Waals surface area contributed by atoms with Crippen molar-refractivity contribution in [1.82, 2.24) is 4.98 Å². The molecule has 2 unspecified atom stereocenters. The maximum atomic E-state index is 12.5. The lowest BCUT2D eigenvalue weighted by Crippen LogP contribution is -2.27. The molecule has 0 spiro atoms. The van der Waals surface area contributed by atoms with Gasteiger partial charge in [0.05, 0.1) is 23.9 Å². The average Bonchev–Trinajstić information content (AvgIpc) is 2.96. The lowest BCUT2D eigenvalue weighted by Gasteiger charge is -2.18. The molecule has 6 heteroatoms. The van der Waals surface area contributed by atoms with Gasteiger partial charge in [0.25, 0.3) is 0 Å². The Morgan fingerprint density at radius 2 is 1.73 bits per heavy atom. The Bertz CT molecular complexity index is 1280. The summed E-state index contributed by atoms with van der Waals surface area (Å²) in [5, 5.41) is 12.3. The van der Waals surface area contributed by atoms with Gasteiger partial charge in [-0.25, -0.2) is 0 Å². The number of amides is 1. The number of carbonyl (C=O) groups is 2. The third kappa shape index (κ3) is 11.0. The number of pyridine rings is 1. The Hall–Kier alpha value is -3.77. The summed E-state index contributed by atoms with van der Waals surface area (Å²) in [7, 11) is 0. The molecule has 1 aromatic heterocycles. The van der Waals surface area contributed by atoms with Gasteiger partial charge in [0, 0.05) is 18.7 Å². The number of aryl methyl sites for hydroxylation is 1. The molecule has 1 amide bonds. The molecule has 41 heavy (non-hydrogen) atoms. The number of rotatable bonds is 16. The summed E-state index contributed by atoms with van der Waals surface area (Å²) < 4.78 is 5.88. The number of carboxylic acid groups (broad SMARTS) is 1. The average molecular weight is 557 g/mol. The first-order chi connectivity index (χ1) is 19.7. The van der Waals surface area contributed by atoms with Crippen LogP contribution in [0.15, 0.2) is 66.7 Å². The summed E-state index contributed by atoms with van der Waals surface area (Å²) in [5.41, 5.74) is 5.99. The summed E-state index contributed by atoms with van der Waals surface area (Å²) in [6, 6.07) is 22.3. The van der Waals surface area contributed by atoms with Crippen LogP contribution in [0.3, 0.4) is 0 Å². The van der Waals surface area contributed by atoms with Crippen LogP contribution in [0.5, 0.6) is 0 Å². The van der Waals surface area contributed by atoms with E-state index >= 15 is 0 Å². The minimum absolute atomic E-state index is 0.0462. The van der Waals surface area contributed by atoms with Crippen molar-refractivity contribution in [1.29, 1.82) is 0 Å². The monoisotopic (exact) mass is 556 g/mol. The molecular formula is C35H44N2O4. The molecule has 2 aromatic carbocycles. The molecule has 3 rings (SSSR count). The fourth-order valence-corrected chi connectivity index (χ4v) is 4.58. The van der Waals surface area contributed by atoms with Crippen molar-refractivity contribution in [3.05, 3.63) is 94.8 Å². The normalized spacial score (nSPS) is 12.9. The van der Waals surface area contributed by atoms with E-state index in [1.807, 2.05) is 62.4 Å². The van der Waals surface area contributed by atoms with Gasteiger partial charge in [-0.1, -0.05) is 82.7 Å².